The number of nitrogens with one attached hydrogen (secondary N) is 1. The molecule has 3 rings (SSSR count). The van der Waals surface area contributed by atoms with Crippen LogP contribution in [-0.4, -0.2) is 25.9 Å². The van der Waals surface area contributed by atoms with Gasteiger partial charge in [0.25, 0.3) is 5.91 Å². The number of amides is 1. The predicted octanol–water partition coefficient (Wildman–Crippen LogP) is 1.74. The number of rotatable bonds is 3. The van der Waals surface area contributed by atoms with Gasteiger partial charge in [0, 0.05) is 5.39 Å². The quantitative estimate of drug-likeness (QED) is 0.567. The summed E-state index contributed by atoms with van der Waals surface area (Å²) in [5.74, 6) is -0.964. The van der Waals surface area contributed by atoms with Crippen molar-refractivity contribution in [2.24, 2.45) is 0 Å². The fourth-order valence-electron chi connectivity index (χ4n) is 2.05. The molecule has 0 fully saturated rings. The summed E-state index contributed by atoms with van der Waals surface area (Å²) in [4.78, 5) is 15.3. The second-order valence-corrected chi connectivity index (χ2v) is 4.50. The van der Waals surface area contributed by atoms with Crippen LogP contribution < -0.4 is 5.48 Å². The third kappa shape index (κ3) is 2.59. The van der Waals surface area contributed by atoms with Crippen molar-refractivity contribution in [1.29, 1.82) is 0 Å². The summed E-state index contributed by atoms with van der Waals surface area (Å²) in [6.45, 7) is 0.469. The lowest BCUT2D eigenvalue weighted by molar-refractivity contribution is 0.0701. The van der Waals surface area contributed by atoms with Crippen molar-refractivity contribution in [3.05, 3.63) is 59.8 Å². The van der Waals surface area contributed by atoms with Gasteiger partial charge in [0.2, 0.25) is 0 Å². The van der Waals surface area contributed by atoms with Gasteiger partial charge in [-0.25, -0.2) is 14.9 Å². The maximum Gasteiger partial charge on any atom is 0.293 e. The molecule has 2 aromatic heterocycles. The summed E-state index contributed by atoms with van der Waals surface area (Å²) in [5.41, 5.74) is 3.28. The summed E-state index contributed by atoms with van der Waals surface area (Å²) in [7, 11) is 0. The molecular formula is C14H11FN4O2. The van der Waals surface area contributed by atoms with Crippen LogP contribution in [0.15, 0.2) is 42.7 Å². The highest BCUT2D eigenvalue weighted by atomic mass is 19.1. The molecule has 0 atom stereocenters. The zero-order valence-electron chi connectivity index (χ0n) is 10.8. The van der Waals surface area contributed by atoms with Gasteiger partial charge in [0.1, 0.15) is 11.5 Å². The monoisotopic (exact) mass is 286 g/mol. The molecule has 21 heavy (non-hydrogen) atoms. The van der Waals surface area contributed by atoms with Crippen LogP contribution in [0.2, 0.25) is 0 Å². The zero-order valence-corrected chi connectivity index (χ0v) is 10.8. The van der Waals surface area contributed by atoms with Crippen molar-refractivity contribution >= 4 is 16.8 Å². The van der Waals surface area contributed by atoms with Gasteiger partial charge in [-0.15, -0.1) is 0 Å². The zero-order chi connectivity index (χ0) is 14.8. The molecule has 0 bridgehead atoms. The largest absolute Gasteiger partial charge is 0.293 e. The van der Waals surface area contributed by atoms with Gasteiger partial charge in [0.15, 0.2) is 0 Å². The summed E-state index contributed by atoms with van der Waals surface area (Å²) in [6.07, 6.45) is 3.12. The molecule has 106 valence electrons. The van der Waals surface area contributed by atoms with Crippen LogP contribution in [0.25, 0.3) is 10.9 Å². The fraction of sp³-hybridized carbons (Fsp3) is 0.0714. The molecule has 1 aromatic carbocycles. The Bertz CT molecular complexity index is 798. The van der Waals surface area contributed by atoms with E-state index in [1.807, 2.05) is 0 Å². The molecule has 1 amide bonds. The van der Waals surface area contributed by atoms with Gasteiger partial charge in [-0.2, -0.15) is 5.10 Å². The number of fused-ring (bicyclic) bond motifs is 1. The highest BCUT2D eigenvalue weighted by Gasteiger charge is 2.10. The van der Waals surface area contributed by atoms with E-state index in [1.165, 1.54) is 29.9 Å². The Kier molecular flexibility index (Phi) is 3.33. The molecule has 0 unspecified atom stereocenters. The highest BCUT2D eigenvalue weighted by molar-refractivity contribution is 5.94. The number of halogens is 1. The number of pyridine rings is 1. The van der Waals surface area contributed by atoms with Crippen molar-refractivity contribution < 1.29 is 14.4 Å². The number of nitrogens with zero attached hydrogens (tertiary/aromatic N) is 3. The second-order valence-electron chi connectivity index (χ2n) is 4.50. The lowest BCUT2D eigenvalue weighted by atomic mass is 10.2. The Labute approximate surface area is 118 Å². The smallest absolute Gasteiger partial charge is 0.288 e. The molecule has 0 aliphatic carbocycles. The van der Waals surface area contributed by atoms with Crippen LogP contribution in [0.1, 0.15) is 16.1 Å². The van der Waals surface area contributed by atoms with Gasteiger partial charge < -0.3 is 0 Å². The Morgan fingerprint density at radius 3 is 2.76 bits per heavy atom. The van der Waals surface area contributed by atoms with E-state index in [2.05, 4.69) is 10.1 Å². The van der Waals surface area contributed by atoms with Crippen LogP contribution in [0.4, 0.5) is 4.39 Å². The number of hydrogen-bond donors (Lipinski definition) is 2. The molecule has 0 radical (unpaired) electrons. The number of carbonyl (C=O) groups excluding carboxylic acids is 1. The molecule has 0 aliphatic rings. The van der Waals surface area contributed by atoms with E-state index in [1.54, 1.807) is 23.0 Å². The Morgan fingerprint density at radius 2 is 2.05 bits per heavy atom. The van der Waals surface area contributed by atoms with Crippen molar-refractivity contribution in [3.63, 3.8) is 0 Å². The van der Waals surface area contributed by atoms with Gasteiger partial charge in [-0.1, -0.05) is 12.1 Å². The third-order valence-corrected chi connectivity index (χ3v) is 3.11. The predicted molar refractivity (Wildman–Crippen MR) is 72.3 cm³/mol. The van der Waals surface area contributed by atoms with E-state index in [4.69, 9.17) is 5.21 Å². The average molecular weight is 286 g/mol. The molecule has 3 aromatic rings. The van der Waals surface area contributed by atoms with Crippen molar-refractivity contribution in [2.75, 3.05) is 0 Å². The van der Waals surface area contributed by atoms with Gasteiger partial charge in [-0.3, -0.25) is 14.7 Å². The minimum atomic E-state index is -0.678. The number of carbonyl (C=O) groups is 1. The molecule has 0 saturated carbocycles. The Hall–Kier alpha value is -2.80. The number of hydrogen-bond acceptors (Lipinski definition) is 4. The van der Waals surface area contributed by atoms with Crippen LogP contribution in [-0.2, 0) is 6.54 Å². The third-order valence-electron chi connectivity index (χ3n) is 3.11. The average Bonchev–Trinajstić information content (AvgIpc) is 2.91. The second kappa shape index (κ2) is 5.29. The van der Waals surface area contributed by atoms with Crippen LogP contribution >= 0.6 is 0 Å². The van der Waals surface area contributed by atoms with Crippen molar-refractivity contribution in [1.82, 2.24) is 20.2 Å². The van der Waals surface area contributed by atoms with Crippen molar-refractivity contribution in [3.8, 4) is 0 Å². The van der Waals surface area contributed by atoms with E-state index < -0.39 is 5.91 Å². The molecule has 0 saturated heterocycles. The van der Waals surface area contributed by atoms with Gasteiger partial charge >= 0.3 is 0 Å². The molecule has 6 nitrogen and oxygen atoms in total. The lowest BCUT2D eigenvalue weighted by Gasteiger charge is -2.04. The SMILES string of the molecule is O=C(NO)c1cc2cnn(Cc3ccc(F)cc3)c2cn1. The minimum Gasteiger partial charge on any atom is -0.288 e. The van der Waals surface area contributed by atoms with E-state index >= 15 is 0 Å². The first kappa shape index (κ1) is 13.2. The topological polar surface area (TPSA) is 80.0 Å². The van der Waals surface area contributed by atoms with Crippen LogP contribution in [0, 0.1) is 5.82 Å². The molecule has 2 N–H and O–H groups in total. The van der Waals surface area contributed by atoms with E-state index in [-0.39, 0.29) is 11.5 Å². The lowest BCUT2D eigenvalue weighted by Crippen LogP contribution is -2.19. The molecule has 7 heteroatoms. The normalized spacial score (nSPS) is 10.8. The molecule has 2 heterocycles. The van der Waals surface area contributed by atoms with Crippen LogP contribution in [0.5, 0.6) is 0 Å². The minimum absolute atomic E-state index is 0.103. The van der Waals surface area contributed by atoms with E-state index in [9.17, 15) is 9.18 Å². The number of hydroxylamine groups is 1. The van der Waals surface area contributed by atoms with E-state index in [0.717, 1.165) is 16.5 Å². The Balaban J connectivity index is 1.93. The van der Waals surface area contributed by atoms with Crippen molar-refractivity contribution in [2.45, 2.75) is 6.54 Å². The maximum absolute atomic E-state index is 12.9. The molecule has 0 aliphatic heterocycles. The molecule has 0 spiro atoms. The summed E-state index contributed by atoms with van der Waals surface area (Å²) >= 11 is 0. The van der Waals surface area contributed by atoms with Gasteiger partial charge in [0.05, 0.1) is 24.5 Å². The van der Waals surface area contributed by atoms with Gasteiger partial charge in [-0.05, 0) is 23.8 Å². The first-order valence-electron chi connectivity index (χ1n) is 6.18. The summed E-state index contributed by atoms with van der Waals surface area (Å²) < 4.78 is 14.6. The Morgan fingerprint density at radius 1 is 1.29 bits per heavy atom. The van der Waals surface area contributed by atoms with E-state index in [0.29, 0.717) is 6.54 Å². The fourth-order valence-corrected chi connectivity index (χ4v) is 2.05. The standard InChI is InChI=1S/C14H11FN4O2/c15-11-3-1-9(2-4-11)8-19-13-7-16-12(14(20)18-21)5-10(13)6-17-19/h1-7,21H,8H2,(H,18,20). The number of benzene rings is 1. The highest BCUT2D eigenvalue weighted by Crippen LogP contribution is 2.15. The van der Waals surface area contributed by atoms with Crippen LogP contribution in [0.3, 0.4) is 0 Å². The number of aromatic nitrogens is 3. The summed E-state index contributed by atoms with van der Waals surface area (Å²) in [6, 6.07) is 7.69. The first-order chi connectivity index (χ1) is 10.2. The molecular weight excluding hydrogens is 275 g/mol. The maximum atomic E-state index is 12.9. The summed E-state index contributed by atoms with van der Waals surface area (Å²) in [5, 5.41) is 13.5. The first-order valence-corrected chi connectivity index (χ1v) is 6.18.